The molecular weight excluding hydrogens is 600 g/mol. The van der Waals surface area contributed by atoms with E-state index in [1.165, 1.54) is 51.6 Å². The Balaban J connectivity index is 0.000000160. The van der Waals surface area contributed by atoms with Gasteiger partial charge in [-0.25, -0.2) is 0 Å². The number of phenols is 1. The van der Waals surface area contributed by atoms with E-state index < -0.39 is 0 Å². The van der Waals surface area contributed by atoms with E-state index in [-0.39, 0.29) is 17.5 Å². The highest BCUT2D eigenvalue weighted by molar-refractivity contribution is 7.99. The highest BCUT2D eigenvalue weighted by Crippen LogP contribution is 2.61. The summed E-state index contributed by atoms with van der Waals surface area (Å²) in [5, 5.41) is 10.6. The maximum absolute atomic E-state index is 11.8. The van der Waals surface area contributed by atoms with E-state index in [1.807, 2.05) is 36.9 Å². The lowest BCUT2D eigenvalue weighted by molar-refractivity contribution is -0.157. The highest BCUT2D eigenvalue weighted by Gasteiger charge is 2.56. The Labute approximate surface area is 278 Å². The standard InChI is InChI=1S/C21H28O3.C17H19ClN2S/c1-3-20(23)24-19-9-8-18-17-6-4-13-12-14(22)5-7-15(13)16(17)10-11-21(18,19)2;1-19(2)10-5-11-20-14-6-3-4-7-16(14)21-17-9-8-13(18)12-15(17)20/h5,7,12,16-19,22H,3-4,6,8-11H2,1-2H3;3-4,6-9,12H,5,10-11H2,1-2H3. The lowest BCUT2D eigenvalue weighted by atomic mass is 9.55. The molecule has 0 radical (unpaired) electrons. The third-order valence-electron chi connectivity index (χ3n) is 10.8. The fourth-order valence-corrected chi connectivity index (χ4v) is 9.79. The maximum Gasteiger partial charge on any atom is 0.305 e. The Morgan fingerprint density at radius 1 is 1.04 bits per heavy atom. The van der Waals surface area contributed by atoms with Crippen molar-refractivity contribution in [2.75, 3.05) is 32.1 Å². The Hall–Kier alpha value is -2.67. The van der Waals surface area contributed by atoms with Crippen LogP contribution in [0.25, 0.3) is 0 Å². The van der Waals surface area contributed by atoms with Crippen LogP contribution in [-0.2, 0) is 16.0 Å². The van der Waals surface area contributed by atoms with Gasteiger partial charge in [0.25, 0.3) is 0 Å². The van der Waals surface area contributed by atoms with Crippen LogP contribution in [0.4, 0.5) is 11.4 Å². The summed E-state index contributed by atoms with van der Waals surface area (Å²) in [5.74, 6) is 2.32. The molecule has 0 spiro atoms. The van der Waals surface area contributed by atoms with Crippen LogP contribution in [0.1, 0.15) is 75.8 Å². The van der Waals surface area contributed by atoms with Gasteiger partial charge in [0.15, 0.2) is 0 Å². The molecule has 5 unspecified atom stereocenters. The van der Waals surface area contributed by atoms with Gasteiger partial charge in [-0.2, -0.15) is 0 Å². The van der Waals surface area contributed by atoms with Crippen LogP contribution in [0.2, 0.25) is 5.02 Å². The van der Waals surface area contributed by atoms with E-state index in [9.17, 15) is 9.90 Å². The van der Waals surface area contributed by atoms with Crippen molar-refractivity contribution in [1.29, 1.82) is 0 Å². The molecule has 5 nitrogen and oxygen atoms in total. The number of aromatic hydroxyl groups is 1. The summed E-state index contributed by atoms with van der Waals surface area (Å²) in [6.07, 6.45) is 8.50. The van der Waals surface area contributed by atoms with E-state index in [0.717, 1.165) is 43.8 Å². The molecule has 2 fully saturated rings. The molecule has 7 rings (SSSR count). The van der Waals surface area contributed by atoms with Crippen molar-refractivity contribution in [3.05, 3.63) is 76.8 Å². The lowest BCUT2D eigenvalue weighted by Crippen LogP contribution is -2.45. The SMILES string of the molecule is CCC(=O)OC1CCC2C3CCc4cc(O)ccc4C3CCC12C.CN(C)CCCN1c2ccccc2Sc2ccc(Cl)cc21. The zero-order chi connectivity index (χ0) is 31.7. The van der Waals surface area contributed by atoms with E-state index in [2.05, 4.69) is 73.3 Å². The summed E-state index contributed by atoms with van der Waals surface area (Å²) in [7, 11) is 4.23. The van der Waals surface area contributed by atoms with Crippen molar-refractivity contribution >= 4 is 40.7 Å². The molecule has 3 aromatic rings. The van der Waals surface area contributed by atoms with Crippen LogP contribution in [0.15, 0.2) is 70.5 Å². The monoisotopic (exact) mass is 646 g/mol. The minimum atomic E-state index is -0.0477. The molecule has 7 heteroatoms. The first-order valence-corrected chi connectivity index (χ1v) is 17.9. The molecule has 1 N–H and O–H groups in total. The summed E-state index contributed by atoms with van der Waals surface area (Å²) in [5.41, 5.74) is 5.47. The van der Waals surface area contributed by atoms with Crippen LogP contribution >= 0.6 is 23.4 Å². The Kier molecular flexibility index (Phi) is 9.75. The Morgan fingerprint density at radius 2 is 1.84 bits per heavy atom. The Bertz CT molecular complexity index is 1530. The third kappa shape index (κ3) is 6.61. The molecule has 0 saturated heterocycles. The minimum Gasteiger partial charge on any atom is -0.508 e. The second-order valence-electron chi connectivity index (χ2n) is 13.7. The molecule has 0 bridgehead atoms. The number of anilines is 2. The fraction of sp³-hybridized carbons (Fsp3) is 0.500. The van der Waals surface area contributed by atoms with Gasteiger partial charge in [-0.05, 0) is 137 Å². The zero-order valence-corrected chi connectivity index (χ0v) is 28.7. The van der Waals surface area contributed by atoms with E-state index in [0.29, 0.717) is 29.9 Å². The molecule has 1 heterocycles. The molecule has 3 aliphatic carbocycles. The fourth-order valence-electron chi connectivity index (χ4n) is 8.54. The maximum atomic E-state index is 11.8. The lowest BCUT2D eigenvalue weighted by Gasteiger charge is -2.50. The number of para-hydroxylation sites is 1. The summed E-state index contributed by atoms with van der Waals surface area (Å²) in [6.45, 7) is 6.33. The highest BCUT2D eigenvalue weighted by atomic mass is 35.5. The second-order valence-corrected chi connectivity index (χ2v) is 15.3. The number of hydrogen-bond acceptors (Lipinski definition) is 6. The number of aryl methyl sites for hydroxylation is 1. The van der Waals surface area contributed by atoms with Crippen molar-refractivity contribution < 1.29 is 14.6 Å². The van der Waals surface area contributed by atoms with Crippen LogP contribution < -0.4 is 4.90 Å². The number of carbonyl (C=O) groups excluding carboxylic acids is 1. The first-order chi connectivity index (χ1) is 21.7. The summed E-state index contributed by atoms with van der Waals surface area (Å²) >= 11 is 8.03. The van der Waals surface area contributed by atoms with Crippen LogP contribution in [0.5, 0.6) is 5.75 Å². The minimum absolute atomic E-state index is 0.0477. The van der Waals surface area contributed by atoms with Crippen LogP contribution in [-0.4, -0.2) is 49.3 Å². The van der Waals surface area contributed by atoms with Gasteiger partial charge in [0.05, 0.1) is 11.4 Å². The topological polar surface area (TPSA) is 53.0 Å². The van der Waals surface area contributed by atoms with Gasteiger partial charge in [-0.1, -0.05) is 55.4 Å². The molecule has 4 aliphatic rings. The number of rotatable bonds is 6. The Morgan fingerprint density at radius 3 is 2.64 bits per heavy atom. The number of carbonyl (C=O) groups is 1. The number of ether oxygens (including phenoxy) is 1. The zero-order valence-electron chi connectivity index (χ0n) is 27.1. The molecule has 240 valence electrons. The van der Waals surface area contributed by atoms with Gasteiger partial charge in [0.1, 0.15) is 11.9 Å². The number of hydrogen-bond donors (Lipinski definition) is 1. The van der Waals surface area contributed by atoms with Crippen molar-refractivity contribution in [3.8, 4) is 5.75 Å². The summed E-state index contributed by atoms with van der Waals surface area (Å²) in [6, 6.07) is 20.7. The molecule has 5 atom stereocenters. The quantitative estimate of drug-likeness (QED) is 0.269. The predicted molar refractivity (Wildman–Crippen MR) is 185 cm³/mol. The molecule has 0 amide bonds. The van der Waals surface area contributed by atoms with Crippen molar-refractivity contribution in [1.82, 2.24) is 4.90 Å². The van der Waals surface area contributed by atoms with Crippen LogP contribution in [0, 0.1) is 17.3 Å². The number of phenolic OH excluding ortho intramolecular Hbond substituents is 1. The van der Waals surface area contributed by atoms with Gasteiger partial charge >= 0.3 is 5.97 Å². The summed E-state index contributed by atoms with van der Waals surface area (Å²) < 4.78 is 5.83. The first-order valence-electron chi connectivity index (χ1n) is 16.7. The number of esters is 1. The van der Waals surface area contributed by atoms with Gasteiger partial charge in [-0.15, -0.1) is 0 Å². The van der Waals surface area contributed by atoms with Gasteiger partial charge < -0.3 is 19.6 Å². The first kappa shape index (κ1) is 32.3. The second kappa shape index (κ2) is 13.6. The number of nitrogens with zero attached hydrogens (tertiary/aromatic N) is 2. The van der Waals surface area contributed by atoms with Gasteiger partial charge in [-0.3, -0.25) is 4.79 Å². The third-order valence-corrected chi connectivity index (χ3v) is 12.1. The number of benzene rings is 3. The molecule has 3 aromatic carbocycles. The van der Waals surface area contributed by atoms with E-state index in [1.54, 1.807) is 0 Å². The number of fused-ring (bicyclic) bond motifs is 7. The van der Waals surface area contributed by atoms with Crippen molar-refractivity contribution in [2.24, 2.45) is 17.3 Å². The molecular formula is C38H47ClN2O3S. The van der Waals surface area contributed by atoms with Crippen molar-refractivity contribution in [2.45, 2.75) is 87.0 Å². The molecule has 0 aromatic heterocycles. The van der Waals surface area contributed by atoms with Gasteiger partial charge in [0, 0.05) is 33.2 Å². The largest absolute Gasteiger partial charge is 0.508 e. The van der Waals surface area contributed by atoms with Crippen molar-refractivity contribution in [3.63, 3.8) is 0 Å². The predicted octanol–water partition coefficient (Wildman–Crippen LogP) is 9.46. The average molecular weight is 647 g/mol. The molecule has 2 saturated carbocycles. The van der Waals surface area contributed by atoms with Crippen LogP contribution in [0.3, 0.4) is 0 Å². The summed E-state index contributed by atoms with van der Waals surface area (Å²) in [4.78, 5) is 19.0. The van der Waals surface area contributed by atoms with Gasteiger partial charge in [0.2, 0.25) is 0 Å². The average Bonchev–Trinajstić information content (AvgIpc) is 3.36. The smallest absolute Gasteiger partial charge is 0.305 e. The number of halogens is 1. The molecule has 1 aliphatic heterocycles. The molecule has 45 heavy (non-hydrogen) atoms. The van der Waals surface area contributed by atoms with E-state index >= 15 is 0 Å². The normalized spacial score (nSPS) is 26.0. The van der Waals surface area contributed by atoms with E-state index in [4.69, 9.17) is 16.3 Å².